The van der Waals surface area contributed by atoms with Crippen LogP contribution in [0.4, 0.5) is 13.6 Å². The molecule has 1 aliphatic carbocycles. The second-order valence-corrected chi connectivity index (χ2v) is 11.9. The van der Waals surface area contributed by atoms with Crippen molar-refractivity contribution in [2.45, 2.75) is 50.7 Å². The lowest BCUT2D eigenvalue weighted by molar-refractivity contribution is -0.233. The van der Waals surface area contributed by atoms with Crippen LogP contribution < -0.4 is 20.3 Å². The molecule has 1 fully saturated rings. The molecule has 16 heteroatoms. The molecule has 0 radical (unpaired) electrons. The monoisotopic (exact) mass is 646 g/mol. The van der Waals surface area contributed by atoms with E-state index < -0.39 is 60.7 Å². The van der Waals surface area contributed by atoms with Crippen molar-refractivity contribution in [2.24, 2.45) is 0 Å². The van der Waals surface area contributed by atoms with Crippen molar-refractivity contribution < 1.29 is 37.3 Å². The van der Waals surface area contributed by atoms with Gasteiger partial charge in [-0.05, 0) is 39.0 Å². The molecule has 45 heavy (non-hydrogen) atoms. The van der Waals surface area contributed by atoms with E-state index in [1.54, 1.807) is 39.1 Å². The second kappa shape index (κ2) is 12.0. The molecule has 1 aliphatic rings. The maximum absolute atomic E-state index is 13.9. The Labute approximate surface area is 260 Å². The third-order valence-electron chi connectivity index (χ3n) is 6.59. The lowest BCUT2D eigenvalue weighted by atomic mass is 9.77. The lowest BCUT2D eigenvalue weighted by Crippen LogP contribution is -2.58. The molecule has 1 amide bonds. The van der Waals surface area contributed by atoms with Crippen molar-refractivity contribution in [3.05, 3.63) is 64.6 Å². The van der Waals surface area contributed by atoms with Gasteiger partial charge in [0.15, 0.2) is 22.9 Å². The molecular weight excluding hydrogens is 618 g/mol. The maximum atomic E-state index is 13.9. The van der Waals surface area contributed by atoms with Gasteiger partial charge < -0.3 is 24.3 Å². The van der Waals surface area contributed by atoms with Crippen LogP contribution in [0.2, 0.25) is 5.02 Å². The van der Waals surface area contributed by atoms with Crippen molar-refractivity contribution in [1.29, 1.82) is 0 Å². The molecule has 0 spiro atoms. The van der Waals surface area contributed by atoms with Crippen LogP contribution in [0.1, 0.15) is 33.6 Å². The number of benzene rings is 1. The Morgan fingerprint density at radius 3 is 2.47 bits per heavy atom. The molecule has 13 nitrogen and oxygen atoms in total. The first kappa shape index (κ1) is 31.6. The number of ether oxygens (including phenoxy) is 4. The number of hydrogen-bond donors (Lipinski definition) is 1. The highest BCUT2D eigenvalue weighted by atomic mass is 35.5. The minimum Gasteiger partial charge on any atom is -0.493 e. The van der Waals surface area contributed by atoms with Crippen molar-refractivity contribution in [3.63, 3.8) is 0 Å². The van der Waals surface area contributed by atoms with Crippen LogP contribution in [0, 0.1) is 0 Å². The molecule has 5 rings (SSSR count). The average Bonchev–Trinajstić information content (AvgIpc) is 3.39. The number of aromatic nitrogens is 5. The zero-order valence-electron chi connectivity index (χ0n) is 24.7. The third kappa shape index (κ3) is 7.30. The zero-order valence-corrected chi connectivity index (χ0v) is 25.4. The van der Waals surface area contributed by atoms with E-state index in [9.17, 15) is 23.2 Å². The smallest absolute Gasteiger partial charge is 0.408 e. The van der Waals surface area contributed by atoms with Crippen LogP contribution in [0.3, 0.4) is 0 Å². The number of carbonyl (C=O) groups is 2. The summed E-state index contributed by atoms with van der Waals surface area (Å²) in [6, 6.07) is 6.16. The Balaban J connectivity index is 1.30. The highest BCUT2D eigenvalue weighted by molar-refractivity contribution is 6.30. The summed E-state index contributed by atoms with van der Waals surface area (Å²) in [5, 5.41) is 6.92. The number of halogens is 3. The number of nitrogens with one attached hydrogen (secondary N) is 1. The van der Waals surface area contributed by atoms with Gasteiger partial charge >= 0.3 is 12.1 Å². The van der Waals surface area contributed by atoms with Gasteiger partial charge in [-0.25, -0.2) is 28.1 Å². The van der Waals surface area contributed by atoms with Gasteiger partial charge in [-0.2, -0.15) is 5.10 Å². The van der Waals surface area contributed by atoms with Crippen LogP contribution >= 0.6 is 11.6 Å². The second-order valence-electron chi connectivity index (χ2n) is 11.4. The molecule has 3 aromatic heterocycles. The van der Waals surface area contributed by atoms with E-state index in [1.807, 2.05) is 0 Å². The average molecular weight is 647 g/mol. The van der Waals surface area contributed by atoms with Gasteiger partial charge in [-0.15, -0.1) is 0 Å². The molecular formula is C29H29ClF2N6O7. The van der Waals surface area contributed by atoms with Gasteiger partial charge in [0, 0.05) is 30.2 Å². The highest BCUT2D eigenvalue weighted by Gasteiger charge is 2.60. The SMILES string of the molecule is COc1cc(-n2cnn3cc(-c4ncc(Cl)cn4)cc3c2=O)ccc1OCC1(OC(=O)CNC(=O)OC(C)(C)C)CC(F)(F)C1. The number of amides is 1. The van der Waals surface area contributed by atoms with Crippen LogP contribution in [-0.4, -0.2) is 73.6 Å². The summed E-state index contributed by atoms with van der Waals surface area (Å²) in [5.74, 6) is -3.28. The Hall–Kier alpha value is -4.79. The van der Waals surface area contributed by atoms with Crippen LogP contribution in [0.15, 0.2) is 54.0 Å². The number of fused-ring (bicyclic) bond motifs is 1. The fourth-order valence-corrected chi connectivity index (χ4v) is 4.82. The van der Waals surface area contributed by atoms with E-state index in [-0.39, 0.29) is 17.0 Å². The van der Waals surface area contributed by atoms with Gasteiger partial charge in [-0.3, -0.25) is 14.2 Å². The quantitative estimate of drug-likeness (QED) is 0.262. The maximum Gasteiger partial charge on any atom is 0.408 e. The molecule has 0 aliphatic heterocycles. The molecule has 1 aromatic carbocycles. The van der Waals surface area contributed by atoms with E-state index in [2.05, 4.69) is 20.4 Å². The summed E-state index contributed by atoms with van der Waals surface area (Å²) in [5.41, 5.74) is -1.62. The number of methoxy groups -OCH3 is 1. The summed E-state index contributed by atoms with van der Waals surface area (Å²) < 4.78 is 52.2. The number of nitrogens with zero attached hydrogens (tertiary/aromatic N) is 5. The molecule has 0 saturated heterocycles. The minimum atomic E-state index is -3.05. The standard InChI is InChI=1S/C29H29ClF2N6O7/c1-27(2,3)45-26(41)35-11-23(39)44-28(13-29(31,32)14-28)15-43-21-6-5-19(8-22(21)42-4)37-16-36-38-12-17(7-20(38)25(37)40)24-33-9-18(30)10-34-24/h5-10,12,16H,11,13-15H2,1-4H3,(H,35,41). The van der Waals surface area contributed by atoms with Crippen molar-refractivity contribution >= 4 is 29.2 Å². The van der Waals surface area contributed by atoms with E-state index >= 15 is 0 Å². The number of esters is 1. The Morgan fingerprint density at radius 2 is 1.82 bits per heavy atom. The first-order valence-electron chi connectivity index (χ1n) is 13.6. The van der Waals surface area contributed by atoms with E-state index in [4.69, 9.17) is 30.5 Å². The predicted molar refractivity (Wildman–Crippen MR) is 156 cm³/mol. The van der Waals surface area contributed by atoms with Gasteiger partial charge in [-0.1, -0.05) is 11.6 Å². The van der Waals surface area contributed by atoms with E-state index in [0.717, 1.165) is 0 Å². The van der Waals surface area contributed by atoms with Crippen molar-refractivity contribution in [3.8, 4) is 28.6 Å². The summed E-state index contributed by atoms with van der Waals surface area (Å²) >= 11 is 5.87. The van der Waals surface area contributed by atoms with Gasteiger partial charge in [0.05, 0.1) is 30.7 Å². The highest BCUT2D eigenvalue weighted by Crippen LogP contribution is 2.48. The number of carbonyl (C=O) groups excluding carboxylic acids is 2. The lowest BCUT2D eigenvalue weighted by Gasteiger charge is -2.45. The summed E-state index contributed by atoms with van der Waals surface area (Å²) in [7, 11) is 1.37. The van der Waals surface area contributed by atoms with Gasteiger partial charge in [0.25, 0.3) is 11.5 Å². The molecule has 0 unspecified atom stereocenters. The first-order chi connectivity index (χ1) is 21.2. The molecule has 0 bridgehead atoms. The topological polar surface area (TPSA) is 148 Å². The Kier molecular flexibility index (Phi) is 8.40. The summed E-state index contributed by atoms with van der Waals surface area (Å²) in [6.45, 7) is 3.96. The number of alkyl carbamates (subject to hydrolysis) is 1. The molecule has 1 saturated carbocycles. The number of hydrogen-bond acceptors (Lipinski definition) is 10. The largest absolute Gasteiger partial charge is 0.493 e. The van der Waals surface area contributed by atoms with Crippen LogP contribution in [0.25, 0.3) is 22.6 Å². The third-order valence-corrected chi connectivity index (χ3v) is 6.79. The molecule has 3 heterocycles. The normalized spacial score (nSPS) is 15.2. The fourth-order valence-electron chi connectivity index (χ4n) is 4.72. The van der Waals surface area contributed by atoms with E-state index in [0.29, 0.717) is 22.1 Å². The van der Waals surface area contributed by atoms with E-state index in [1.165, 1.54) is 47.0 Å². The van der Waals surface area contributed by atoms with Crippen molar-refractivity contribution in [1.82, 2.24) is 29.5 Å². The number of rotatable bonds is 9. The minimum absolute atomic E-state index is 0.158. The van der Waals surface area contributed by atoms with Gasteiger partial charge in [0.2, 0.25) is 0 Å². The number of alkyl halides is 2. The van der Waals surface area contributed by atoms with Crippen molar-refractivity contribution in [2.75, 3.05) is 20.3 Å². The molecule has 238 valence electrons. The fraction of sp³-hybridized carbons (Fsp3) is 0.379. The summed E-state index contributed by atoms with van der Waals surface area (Å²) in [6.07, 6.45) is 3.45. The molecule has 1 N–H and O–H groups in total. The molecule has 0 atom stereocenters. The Morgan fingerprint density at radius 1 is 1.11 bits per heavy atom. The first-order valence-corrected chi connectivity index (χ1v) is 14.0. The Bertz CT molecular complexity index is 1800. The molecule has 4 aromatic rings. The zero-order chi connectivity index (χ0) is 32.6. The summed E-state index contributed by atoms with van der Waals surface area (Å²) in [4.78, 5) is 46.0. The predicted octanol–water partition coefficient (Wildman–Crippen LogP) is 4.22. The van der Waals surface area contributed by atoms with Crippen LogP contribution in [0.5, 0.6) is 11.5 Å². The van der Waals surface area contributed by atoms with Gasteiger partial charge in [0.1, 0.15) is 30.6 Å². The van der Waals surface area contributed by atoms with Crippen LogP contribution in [-0.2, 0) is 14.3 Å².